The van der Waals surface area contributed by atoms with Gasteiger partial charge in [0.25, 0.3) is 0 Å². The highest BCUT2D eigenvalue weighted by atomic mass is 32.1. The quantitative estimate of drug-likeness (QED) is 0.674. The number of aromatic nitrogens is 4. The van der Waals surface area contributed by atoms with Crippen molar-refractivity contribution in [2.45, 2.75) is 46.1 Å². The summed E-state index contributed by atoms with van der Waals surface area (Å²) in [6.45, 7) is 7.62. The second-order valence-electron chi connectivity index (χ2n) is 6.12. The van der Waals surface area contributed by atoms with Crippen molar-refractivity contribution in [3.63, 3.8) is 0 Å². The summed E-state index contributed by atoms with van der Waals surface area (Å²) in [7, 11) is 0. The van der Waals surface area contributed by atoms with Crippen LogP contribution in [0, 0.1) is 6.92 Å². The molecule has 3 N–H and O–H groups in total. The predicted octanol–water partition coefficient (Wildman–Crippen LogP) is 3.42. The molecule has 25 heavy (non-hydrogen) atoms. The third-order valence-electron chi connectivity index (χ3n) is 4.34. The summed E-state index contributed by atoms with van der Waals surface area (Å²) >= 11 is 1.73. The fourth-order valence-electron chi connectivity index (χ4n) is 2.63. The lowest BCUT2D eigenvalue weighted by atomic mass is 10.1. The van der Waals surface area contributed by atoms with Crippen molar-refractivity contribution in [3.05, 3.63) is 40.5 Å². The Balaban J connectivity index is 2.02. The molecule has 0 saturated carbocycles. The average molecular weight is 356 g/mol. The summed E-state index contributed by atoms with van der Waals surface area (Å²) in [6.07, 6.45) is 5.37. The maximum absolute atomic E-state index is 5.76. The molecule has 0 bridgehead atoms. The molecule has 0 radical (unpaired) electrons. The van der Waals surface area contributed by atoms with E-state index in [1.807, 2.05) is 6.07 Å². The SMILES string of the molecule is CCC(C)c1nc(NCc2ncccn2)c2sc(CCN)c(C)c2n1. The average Bonchev–Trinajstić information content (AvgIpc) is 2.96. The van der Waals surface area contributed by atoms with E-state index in [-0.39, 0.29) is 0 Å². The van der Waals surface area contributed by atoms with Crippen LogP contribution in [0.25, 0.3) is 10.2 Å². The van der Waals surface area contributed by atoms with Gasteiger partial charge < -0.3 is 11.1 Å². The molecule has 0 saturated heterocycles. The number of nitrogens with two attached hydrogens (primary N) is 1. The number of hydrogen-bond donors (Lipinski definition) is 2. The van der Waals surface area contributed by atoms with Gasteiger partial charge in [0.05, 0.1) is 16.8 Å². The molecule has 3 heterocycles. The van der Waals surface area contributed by atoms with Crippen LogP contribution in [0.4, 0.5) is 5.82 Å². The maximum atomic E-state index is 5.76. The number of anilines is 1. The van der Waals surface area contributed by atoms with Crippen LogP contribution in [0.3, 0.4) is 0 Å². The molecule has 0 amide bonds. The number of rotatable bonds is 7. The number of nitrogens with zero attached hydrogens (tertiary/aromatic N) is 4. The van der Waals surface area contributed by atoms with Gasteiger partial charge in [-0.25, -0.2) is 19.9 Å². The summed E-state index contributed by atoms with van der Waals surface area (Å²) in [5.74, 6) is 2.81. The van der Waals surface area contributed by atoms with E-state index in [2.05, 4.69) is 36.1 Å². The van der Waals surface area contributed by atoms with Crippen molar-refractivity contribution < 1.29 is 0 Å². The number of nitrogens with one attached hydrogen (secondary N) is 1. The van der Waals surface area contributed by atoms with Gasteiger partial charge in [0.15, 0.2) is 0 Å². The van der Waals surface area contributed by atoms with Crippen LogP contribution < -0.4 is 11.1 Å². The van der Waals surface area contributed by atoms with Crippen LogP contribution >= 0.6 is 11.3 Å². The topological polar surface area (TPSA) is 89.6 Å². The first-order chi connectivity index (χ1) is 12.1. The molecule has 3 aromatic rings. The number of thiophene rings is 1. The summed E-state index contributed by atoms with van der Waals surface area (Å²) in [5.41, 5.74) is 8.02. The fraction of sp³-hybridized carbons (Fsp3) is 0.444. The summed E-state index contributed by atoms with van der Waals surface area (Å²) in [5, 5.41) is 3.41. The second kappa shape index (κ2) is 7.84. The van der Waals surface area contributed by atoms with Crippen molar-refractivity contribution in [2.75, 3.05) is 11.9 Å². The molecule has 0 aliphatic rings. The lowest BCUT2D eigenvalue weighted by Crippen LogP contribution is -2.08. The number of hydrogen-bond acceptors (Lipinski definition) is 7. The summed E-state index contributed by atoms with van der Waals surface area (Å²) in [6, 6.07) is 1.81. The van der Waals surface area contributed by atoms with E-state index in [0.717, 1.165) is 40.5 Å². The van der Waals surface area contributed by atoms with E-state index in [1.54, 1.807) is 23.7 Å². The lowest BCUT2D eigenvalue weighted by molar-refractivity contribution is 0.683. The Hall–Kier alpha value is -2.12. The van der Waals surface area contributed by atoms with Gasteiger partial charge in [-0.05, 0) is 37.9 Å². The zero-order chi connectivity index (χ0) is 17.8. The van der Waals surface area contributed by atoms with Crippen molar-refractivity contribution in [1.82, 2.24) is 19.9 Å². The molecule has 132 valence electrons. The van der Waals surface area contributed by atoms with Crippen molar-refractivity contribution in [3.8, 4) is 0 Å². The molecular weight excluding hydrogens is 332 g/mol. The van der Waals surface area contributed by atoms with Gasteiger partial charge in [0.1, 0.15) is 17.5 Å². The Morgan fingerprint density at radius 2 is 2.00 bits per heavy atom. The van der Waals surface area contributed by atoms with E-state index < -0.39 is 0 Å². The van der Waals surface area contributed by atoms with Crippen LogP contribution in [-0.4, -0.2) is 26.5 Å². The van der Waals surface area contributed by atoms with E-state index in [1.165, 1.54) is 10.4 Å². The third-order valence-corrected chi connectivity index (χ3v) is 5.69. The lowest BCUT2D eigenvalue weighted by Gasteiger charge is -2.11. The standard InChI is InChI=1S/C18H24N6S/c1-4-11(2)17-23-15-12(3)13(6-7-19)25-16(15)18(24-17)22-10-14-20-8-5-9-21-14/h5,8-9,11H,4,6-7,10,19H2,1-3H3,(H,22,23,24). The van der Waals surface area contributed by atoms with E-state index in [0.29, 0.717) is 19.0 Å². The van der Waals surface area contributed by atoms with Gasteiger partial charge in [-0.2, -0.15) is 0 Å². The second-order valence-corrected chi connectivity index (χ2v) is 7.23. The molecule has 1 unspecified atom stereocenters. The largest absolute Gasteiger partial charge is 0.361 e. The van der Waals surface area contributed by atoms with Gasteiger partial charge in [0, 0.05) is 23.2 Å². The first-order valence-corrected chi connectivity index (χ1v) is 9.45. The number of aryl methyl sites for hydroxylation is 1. The zero-order valence-electron chi connectivity index (χ0n) is 14.9. The molecule has 0 spiro atoms. The highest BCUT2D eigenvalue weighted by Crippen LogP contribution is 2.35. The number of fused-ring (bicyclic) bond motifs is 1. The summed E-state index contributed by atoms with van der Waals surface area (Å²) < 4.78 is 1.09. The minimum atomic E-state index is 0.315. The smallest absolute Gasteiger partial charge is 0.148 e. The Bertz CT molecular complexity index is 846. The normalized spacial score (nSPS) is 12.5. The van der Waals surface area contributed by atoms with Gasteiger partial charge in [-0.3, -0.25) is 0 Å². The van der Waals surface area contributed by atoms with Gasteiger partial charge in [-0.15, -0.1) is 11.3 Å². The van der Waals surface area contributed by atoms with Crippen molar-refractivity contribution in [2.24, 2.45) is 5.73 Å². The molecule has 6 nitrogen and oxygen atoms in total. The first-order valence-electron chi connectivity index (χ1n) is 8.63. The monoisotopic (exact) mass is 356 g/mol. The highest BCUT2D eigenvalue weighted by molar-refractivity contribution is 7.19. The van der Waals surface area contributed by atoms with Crippen molar-refractivity contribution >= 4 is 27.4 Å². The Labute approximate surface area is 151 Å². The summed E-state index contributed by atoms with van der Waals surface area (Å²) in [4.78, 5) is 19.5. The van der Waals surface area contributed by atoms with Crippen molar-refractivity contribution in [1.29, 1.82) is 0 Å². The fourth-order valence-corrected chi connectivity index (χ4v) is 3.85. The molecule has 0 aliphatic carbocycles. The Kier molecular flexibility index (Phi) is 5.55. The van der Waals surface area contributed by atoms with Crippen LogP contribution in [-0.2, 0) is 13.0 Å². The van der Waals surface area contributed by atoms with E-state index in [4.69, 9.17) is 15.7 Å². The van der Waals surface area contributed by atoms with E-state index in [9.17, 15) is 0 Å². The third kappa shape index (κ3) is 3.77. The Morgan fingerprint density at radius 3 is 2.68 bits per heavy atom. The molecule has 3 aromatic heterocycles. The first kappa shape index (κ1) is 17.7. The van der Waals surface area contributed by atoms with Gasteiger partial charge in [-0.1, -0.05) is 13.8 Å². The van der Waals surface area contributed by atoms with Crippen LogP contribution in [0.5, 0.6) is 0 Å². The van der Waals surface area contributed by atoms with Gasteiger partial charge >= 0.3 is 0 Å². The van der Waals surface area contributed by atoms with Crippen LogP contribution in [0.2, 0.25) is 0 Å². The molecule has 0 aromatic carbocycles. The van der Waals surface area contributed by atoms with E-state index >= 15 is 0 Å². The minimum absolute atomic E-state index is 0.315. The molecule has 0 aliphatic heterocycles. The molecular formula is C18H24N6S. The molecule has 1 atom stereocenters. The maximum Gasteiger partial charge on any atom is 0.148 e. The Morgan fingerprint density at radius 1 is 1.24 bits per heavy atom. The van der Waals surface area contributed by atoms with Crippen LogP contribution in [0.1, 0.15) is 48.3 Å². The molecule has 7 heteroatoms. The predicted molar refractivity (Wildman–Crippen MR) is 103 cm³/mol. The minimum Gasteiger partial charge on any atom is -0.361 e. The molecule has 3 rings (SSSR count). The van der Waals surface area contributed by atoms with Crippen LogP contribution in [0.15, 0.2) is 18.5 Å². The zero-order valence-corrected chi connectivity index (χ0v) is 15.7. The highest BCUT2D eigenvalue weighted by Gasteiger charge is 2.18. The van der Waals surface area contributed by atoms with Gasteiger partial charge in [0.2, 0.25) is 0 Å². The molecule has 0 fully saturated rings.